The second-order valence-corrected chi connectivity index (χ2v) is 12.6. The molecule has 5 aromatic carbocycles. The summed E-state index contributed by atoms with van der Waals surface area (Å²) in [6, 6.07) is 39.2. The van der Waals surface area contributed by atoms with Crippen LogP contribution in [0, 0.1) is 13.8 Å². The number of pyridine rings is 2. The monoisotopic (exact) mass is 700 g/mol. The zero-order valence-corrected chi connectivity index (χ0v) is 28.0. The Bertz CT molecular complexity index is 2200. The molecule has 0 aliphatic carbocycles. The van der Waals surface area contributed by atoms with Crippen molar-refractivity contribution in [3.63, 3.8) is 0 Å². The Labute approximate surface area is 297 Å². The van der Waals surface area contributed by atoms with E-state index in [1.54, 1.807) is 84.9 Å². The van der Waals surface area contributed by atoms with Crippen LogP contribution < -0.4 is 0 Å². The molecule has 0 unspecified atom stereocenters. The van der Waals surface area contributed by atoms with Crippen LogP contribution in [0.5, 0.6) is 0 Å². The molecule has 2 heterocycles. The smallest absolute Gasteiger partial charge is 0.247 e. The Morgan fingerprint density at radius 2 is 0.712 bits per heavy atom. The Kier molecular flexibility index (Phi) is 9.01. The van der Waals surface area contributed by atoms with E-state index in [0.29, 0.717) is 22.5 Å². The zero-order chi connectivity index (χ0) is 36.6. The summed E-state index contributed by atoms with van der Waals surface area (Å²) in [6.07, 6.45) is -9.72. The molecule has 52 heavy (non-hydrogen) atoms. The number of rotatable bonds is 6. The van der Waals surface area contributed by atoms with E-state index in [1.807, 2.05) is 38.1 Å². The van der Waals surface area contributed by atoms with Crippen molar-refractivity contribution in [2.75, 3.05) is 0 Å². The second kappa shape index (κ2) is 13.6. The SMILES string of the molecule is Cc1ccc(-c2cc(-c3cccc(-c4cc(-c5ccc(C)cc5)nc(-c5ccccc5)c4C(F)(F)F)c3)c(C(F)(F)F)c(-c3ccccc3)n2)cc1. The molecule has 8 heteroatoms. The molecule has 0 fully saturated rings. The lowest BCUT2D eigenvalue weighted by Gasteiger charge is -2.21. The maximum absolute atomic E-state index is 15.2. The fraction of sp³-hybridized carbons (Fsp3) is 0.0909. The number of hydrogen-bond donors (Lipinski definition) is 0. The number of benzene rings is 5. The molecule has 0 atom stereocenters. The van der Waals surface area contributed by atoms with Gasteiger partial charge in [0.25, 0.3) is 0 Å². The number of aryl methyl sites for hydroxylation is 2. The second-order valence-electron chi connectivity index (χ2n) is 12.6. The maximum Gasteiger partial charge on any atom is 0.419 e. The summed E-state index contributed by atoms with van der Waals surface area (Å²) in [5.74, 6) is 0. The van der Waals surface area contributed by atoms with E-state index in [0.717, 1.165) is 11.1 Å². The Hall–Kier alpha value is -6.02. The average molecular weight is 701 g/mol. The Morgan fingerprint density at radius 3 is 1.06 bits per heavy atom. The van der Waals surface area contributed by atoms with Crippen LogP contribution in [-0.4, -0.2) is 9.97 Å². The first-order valence-corrected chi connectivity index (χ1v) is 16.5. The third-order valence-corrected chi connectivity index (χ3v) is 8.88. The van der Waals surface area contributed by atoms with Crippen LogP contribution in [0.4, 0.5) is 26.3 Å². The minimum atomic E-state index is -4.86. The van der Waals surface area contributed by atoms with Crippen LogP contribution in [0.25, 0.3) is 67.3 Å². The number of halogens is 6. The molecule has 7 rings (SSSR count). The largest absolute Gasteiger partial charge is 0.419 e. The minimum Gasteiger partial charge on any atom is -0.247 e. The highest BCUT2D eigenvalue weighted by Gasteiger charge is 2.40. The highest BCUT2D eigenvalue weighted by Crippen LogP contribution is 2.47. The molecule has 0 radical (unpaired) electrons. The van der Waals surface area contributed by atoms with Crippen molar-refractivity contribution in [3.05, 3.63) is 168 Å². The fourth-order valence-electron chi connectivity index (χ4n) is 6.33. The van der Waals surface area contributed by atoms with Crippen LogP contribution in [0.15, 0.2) is 146 Å². The van der Waals surface area contributed by atoms with E-state index < -0.39 is 23.5 Å². The lowest BCUT2D eigenvalue weighted by atomic mass is 9.89. The summed E-state index contributed by atoms with van der Waals surface area (Å²) in [7, 11) is 0. The van der Waals surface area contributed by atoms with E-state index in [1.165, 1.54) is 36.4 Å². The molecule has 2 aromatic heterocycles. The van der Waals surface area contributed by atoms with Gasteiger partial charge in [-0.3, -0.25) is 0 Å². The van der Waals surface area contributed by atoms with Crippen molar-refractivity contribution < 1.29 is 26.3 Å². The van der Waals surface area contributed by atoms with Crippen molar-refractivity contribution in [2.45, 2.75) is 26.2 Å². The van der Waals surface area contributed by atoms with Crippen molar-refractivity contribution in [2.24, 2.45) is 0 Å². The van der Waals surface area contributed by atoms with Crippen molar-refractivity contribution >= 4 is 0 Å². The van der Waals surface area contributed by atoms with E-state index in [2.05, 4.69) is 9.97 Å². The average Bonchev–Trinajstić information content (AvgIpc) is 3.14. The number of nitrogens with zero attached hydrogens (tertiary/aromatic N) is 2. The summed E-state index contributed by atoms with van der Waals surface area (Å²) in [5, 5.41) is 0. The number of alkyl halides is 6. The first kappa shape index (κ1) is 34.4. The van der Waals surface area contributed by atoms with Crippen molar-refractivity contribution in [1.29, 1.82) is 0 Å². The molecular weight excluding hydrogens is 670 g/mol. The molecule has 0 spiro atoms. The lowest BCUT2D eigenvalue weighted by molar-refractivity contribution is -0.137. The van der Waals surface area contributed by atoms with Gasteiger partial charge in [0.1, 0.15) is 0 Å². The van der Waals surface area contributed by atoms with Crippen LogP contribution in [0.1, 0.15) is 22.3 Å². The summed E-state index contributed by atoms with van der Waals surface area (Å²) in [5.41, 5.74) is 1.44. The lowest BCUT2D eigenvalue weighted by Crippen LogP contribution is -2.12. The van der Waals surface area contributed by atoms with Gasteiger partial charge in [0.05, 0.1) is 33.9 Å². The van der Waals surface area contributed by atoms with Crippen LogP contribution in [0.3, 0.4) is 0 Å². The molecule has 0 saturated carbocycles. The molecule has 0 bridgehead atoms. The zero-order valence-electron chi connectivity index (χ0n) is 28.0. The summed E-state index contributed by atoms with van der Waals surface area (Å²) in [4.78, 5) is 9.08. The highest BCUT2D eigenvalue weighted by molar-refractivity contribution is 5.86. The molecular formula is C44H30F6N2. The number of aromatic nitrogens is 2. The molecule has 258 valence electrons. The molecule has 2 nitrogen and oxygen atoms in total. The van der Waals surface area contributed by atoms with Gasteiger partial charge in [-0.1, -0.05) is 139 Å². The highest BCUT2D eigenvalue weighted by atomic mass is 19.4. The standard InChI is InChI=1S/C44H30F6N2/c1-27-16-20-29(21-17-27)37-25-35(39(43(45,46)47)41(51-37)31-10-5-3-6-11-31)33-14-9-15-34(24-33)36-26-38(30-22-18-28(2)19-23-30)52-42(40(36)44(48,49)50)32-12-7-4-8-13-32/h3-26H,1-2H3. The molecule has 0 saturated heterocycles. The quantitative estimate of drug-likeness (QED) is 0.161. The van der Waals surface area contributed by atoms with Gasteiger partial charge in [-0.15, -0.1) is 0 Å². The van der Waals surface area contributed by atoms with Gasteiger partial charge in [-0.2, -0.15) is 26.3 Å². The van der Waals surface area contributed by atoms with E-state index >= 15 is 26.3 Å². The first-order chi connectivity index (χ1) is 24.9. The van der Waals surface area contributed by atoms with Crippen molar-refractivity contribution in [1.82, 2.24) is 9.97 Å². The van der Waals surface area contributed by atoms with E-state index in [-0.39, 0.29) is 44.8 Å². The van der Waals surface area contributed by atoms with Gasteiger partial charge < -0.3 is 0 Å². The van der Waals surface area contributed by atoms with Crippen molar-refractivity contribution in [3.8, 4) is 67.3 Å². The van der Waals surface area contributed by atoms with Gasteiger partial charge in [-0.25, -0.2) is 9.97 Å². The normalized spacial score (nSPS) is 11.8. The summed E-state index contributed by atoms with van der Waals surface area (Å²) >= 11 is 0. The third kappa shape index (κ3) is 6.97. The molecule has 0 aliphatic heterocycles. The molecule has 0 amide bonds. The van der Waals surface area contributed by atoms with Crippen LogP contribution in [0.2, 0.25) is 0 Å². The minimum absolute atomic E-state index is 0.0841. The Balaban J connectivity index is 1.53. The maximum atomic E-state index is 15.2. The van der Waals surface area contributed by atoms with Gasteiger partial charge >= 0.3 is 12.4 Å². The van der Waals surface area contributed by atoms with Gasteiger partial charge in [0, 0.05) is 22.3 Å². The third-order valence-electron chi connectivity index (χ3n) is 8.88. The van der Waals surface area contributed by atoms with E-state index in [4.69, 9.17) is 0 Å². The van der Waals surface area contributed by atoms with Gasteiger partial charge in [0.2, 0.25) is 0 Å². The molecule has 0 aliphatic rings. The first-order valence-electron chi connectivity index (χ1n) is 16.5. The topological polar surface area (TPSA) is 25.8 Å². The molecule has 7 aromatic rings. The summed E-state index contributed by atoms with van der Waals surface area (Å²) in [6.45, 7) is 3.80. The van der Waals surface area contributed by atoms with Crippen LogP contribution in [-0.2, 0) is 12.4 Å². The Morgan fingerprint density at radius 1 is 0.365 bits per heavy atom. The predicted molar refractivity (Wildman–Crippen MR) is 194 cm³/mol. The molecule has 0 N–H and O–H groups in total. The van der Waals surface area contributed by atoms with E-state index in [9.17, 15) is 0 Å². The number of hydrogen-bond acceptors (Lipinski definition) is 2. The summed E-state index contributed by atoms with van der Waals surface area (Å²) < 4.78 is 91.3. The fourth-order valence-corrected chi connectivity index (χ4v) is 6.33. The predicted octanol–water partition coefficient (Wildman–Crippen LogP) is 13.1. The van der Waals surface area contributed by atoms with Gasteiger partial charge in [0.15, 0.2) is 0 Å². The van der Waals surface area contributed by atoms with Gasteiger partial charge in [-0.05, 0) is 54.3 Å². The van der Waals surface area contributed by atoms with Crippen LogP contribution >= 0.6 is 0 Å².